The van der Waals surface area contributed by atoms with Crippen LogP contribution < -0.4 is 10.1 Å². The molecule has 2 rings (SSSR count). The Morgan fingerprint density at radius 2 is 2.04 bits per heavy atom. The van der Waals surface area contributed by atoms with Crippen LogP contribution >= 0.6 is 23.2 Å². The summed E-state index contributed by atoms with van der Waals surface area (Å²) < 4.78 is 10.8. The zero-order valence-electron chi connectivity index (χ0n) is 13.4. The Kier molecular flexibility index (Phi) is 6.53. The van der Waals surface area contributed by atoms with E-state index in [1.165, 1.54) is 0 Å². The lowest BCUT2D eigenvalue weighted by molar-refractivity contribution is -0.123. The van der Waals surface area contributed by atoms with Gasteiger partial charge in [0, 0.05) is 30.2 Å². The average Bonchev–Trinajstić information content (AvgIpc) is 2.53. The van der Waals surface area contributed by atoms with Gasteiger partial charge in [-0.05, 0) is 32.0 Å². The number of halogens is 2. The normalized spacial score (nSPS) is 16.2. The van der Waals surface area contributed by atoms with Gasteiger partial charge in [-0.2, -0.15) is 0 Å². The van der Waals surface area contributed by atoms with Crippen LogP contribution in [0, 0.1) is 0 Å². The first-order valence-corrected chi connectivity index (χ1v) is 8.31. The Balaban J connectivity index is 1.78. The minimum absolute atomic E-state index is 0.0828. The van der Waals surface area contributed by atoms with Gasteiger partial charge >= 0.3 is 0 Å². The topological polar surface area (TPSA) is 50.8 Å². The number of rotatable bonds is 6. The molecule has 1 fully saturated rings. The lowest BCUT2D eigenvalue weighted by Crippen LogP contribution is -2.55. The number of benzene rings is 1. The molecule has 1 aromatic rings. The van der Waals surface area contributed by atoms with E-state index in [0.717, 1.165) is 26.3 Å². The smallest absolute Gasteiger partial charge is 0.258 e. The third-order valence-corrected chi connectivity index (χ3v) is 4.37. The van der Waals surface area contributed by atoms with E-state index in [9.17, 15) is 4.79 Å². The molecule has 1 heterocycles. The van der Waals surface area contributed by atoms with E-state index >= 15 is 0 Å². The van der Waals surface area contributed by atoms with Crippen molar-refractivity contribution >= 4 is 29.1 Å². The molecule has 1 aliphatic heterocycles. The van der Waals surface area contributed by atoms with Crippen molar-refractivity contribution in [3.05, 3.63) is 28.2 Å². The molecule has 7 heteroatoms. The summed E-state index contributed by atoms with van der Waals surface area (Å²) in [6.45, 7) is 7.89. The van der Waals surface area contributed by atoms with Crippen molar-refractivity contribution in [2.45, 2.75) is 19.4 Å². The molecule has 1 saturated heterocycles. The number of hydrogen-bond donors (Lipinski definition) is 1. The summed E-state index contributed by atoms with van der Waals surface area (Å²) in [6, 6.07) is 4.90. The van der Waals surface area contributed by atoms with Crippen molar-refractivity contribution in [1.29, 1.82) is 0 Å². The summed E-state index contributed by atoms with van der Waals surface area (Å²) in [5.41, 5.74) is -0.128. The van der Waals surface area contributed by atoms with Crippen LogP contribution in [0.25, 0.3) is 0 Å². The molecule has 1 amide bonds. The van der Waals surface area contributed by atoms with Crippen LogP contribution in [0.15, 0.2) is 18.2 Å². The Morgan fingerprint density at radius 1 is 1.35 bits per heavy atom. The first kappa shape index (κ1) is 18.3. The Bertz CT molecular complexity index is 546. The number of ether oxygens (including phenoxy) is 2. The molecule has 0 spiro atoms. The highest BCUT2D eigenvalue weighted by Gasteiger charge is 2.28. The third-order valence-electron chi connectivity index (χ3n) is 3.84. The number of morpholine rings is 1. The summed E-state index contributed by atoms with van der Waals surface area (Å²) >= 11 is 11.8. The molecular formula is C16H22Cl2N2O3. The average molecular weight is 361 g/mol. The molecule has 0 aromatic heterocycles. The summed E-state index contributed by atoms with van der Waals surface area (Å²) in [5, 5.41) is 3.82. The number of carbonyl (C=O) groups is 1. The fraction of sp³-hybridized carbons (Fsp3) is 0.562. The zero-order chi connectivity index (χ0) is 16.9. The van der Waals surface area contributed by atoms with Crippen molar-refractivity contribution in [1.82, 2.24) is 10.2 Å². The number of nitrogens with one attached hydrogen (secondary N) is 1. The predicted molar refractivity (Wildman–Crippen MR) is 91.4 cm³/mol. The van der Waals surface area contributed by atoms with Crippen molar-refractivity contribution < 1.29 is 14.3 Å². The maximum atomic E-state index is 12.0. The molecule has 1 N–H and O–H groups in total. The highest BCUT2D eigenvalue weighted by molar-refractivity contribution is 6.35. The Hall–Kier alpha value is -1.01. The molecule has 0 atom stereocenters. The van der Waals surface area contributed by atoms with Gasteiger partial charge in [0.05, 0.1) is 18.2 Å². The number of hydrogen-bond acceptors (Lipinski definition) is 4. The molecule has 0 bridgehead atoms. The SMILES string of the molecule is CC(C)(CNC(=O)COc1ccc(Cl)cc1Cl)N1CCOCC1. The third kappa shape index (κ3) is 5.53. The lowest BCUT2D eigenvalue weighted by atomic mass is 10.0. The van der Waals surface area contributed by atoms with Gasteiger partial charge in [0.2, 0.25) is 0 Å². The van der Waals surface area contributed by atoms with E-state index in [0.29, 0.717) is 22.3 Å². The first-order chi connectivity index (χ1) is 10.9. The predicted octanol–water partition coefficient (Wildman–Crippen LogP) is 2.60. The van der Waals surface area contributed by atoms with Gasteiger partial charge in [-0.25, -0.2) is 0 Å². The minimum atomic E-state index is -0.183. The van der Waals surface area contributed by atoms with E-state index < -0.39 is 0 Å². The highest BCUT2D eigenvalue weighted by Crippen LogP contribution is 2.27. The fourth-order valence-electron chi connectivity index (χ4n) is 2.38. The summed E-state index contributed by atoms with van der Waals surface area (Å²) in [6.07, 6.45) is 0. The molecule has 23 heavy (non-hydrogen) atoms. The van der Waals surface area contributed by atoms with Crippen molar-refractivity contribution in [3.8, 4) is 5.75 Å². The second-order valence-electron chi connectivity index (χ2n) is 6.05. The molecule has 0 radical (unpaired) electrons. The quantitative estimate of drug-likeness (QED) is 0.846. The molecule has 5 nitrogen and oxygen atoms in total. The molecule has 128 valence electrons. The second-order valence-corrected chi connectivity index (χ2v) is 6.90. The van der Waals surface area contributed by atoms with Gasteiger partial charge in [0.1, 0.15) is 5.75 Å². The van der Waals surface area contributed by atoms with Crippen molar-refractivity contribution in [2.75, 3.05) is 39.5 Å². The molecule has 0 unspecified atom stereocenters. The van der Waals surface area contributed by atoms with E-state index in [1.54, 1.807) is 18.2 Å². The minimum Gasteiger partial charge on any atom is -0.482 e. The van der Waals surface area contributed by atoms with Gasteiger partial charge in [-0.3, -0.25) is 9.69 Å². The van der Waals surface area contributed by atoms with E-state index in [2.05, 4.69) is 24.1 Å². The van der Waals surface area contributed by atoms with Gasteiger partial charge in [-0.1, -0.05) is 23.2 Å². The van der Waals surface area contributed by atoms with Crippen LogP contribution in [-0.2, 0) is 9.53 Å². The second kappa shape index (κ2) is 8.20. The largest absolute Gasteiger partial charge is 0.482 e. The molecule has 0 aliphatic carbocycles. The first-order valence-electron chi connectivity index (χ1n) is 7.56. The van der Waals surface area contributed by atoms with Gasteiger partial charge < -0.3 is 14.8 Å². The number of carbonyl (C=O) groups excluding carboxylic acids is 1. The zero-order valence-corrected chi connectivity index (χ0v) is 14.9. The maximum Gasteiger partial charge on any atom is 0.258 e. The summed E-state index contributed by atoms with van der Waals surface area (Å²) in [5.74, 6) is 0.260. The standard InChI is InChI=1S/C16H22Cl2N2O3/c1-16(2,20-5-7-22-8-6-20)11-19-15(21)10-23-14-4-3-12(17)9-13(14)18/h3-4,9H,5-8,10-11H2,1-2H3,(H,19,21). The highest BCUT2D eigenvalue weighted by atomic mass is 35.5. The fourth-order valence-corrected chi connectivity index (χ4v) is 2.85. The monoisotopic (exact) mass is 360 g/mol. The summed E-state index contributed by atoms with van der Waals surface area (Å²) in [7, 11) is 0. The van der Waals surface area contributed by atoms with Crippen molar-refractivity contribution in [2.24, 2.45) is 0 Å². The van der Waals surface area contributed by atoms with Crippen LogP contribution in [0.4, 0.5) is 0 Å². The van der Waals surface area contributed by atoms with Crippen LogP contribution in [0.5, 0.6) is 5.75 Å². The van der Waals surface area contributed by atoms with Crippen molar-refractivity contribution in [3.63, 3.8) is 0 Å². The molecule has 0 saturated carbocycles. The van der Waals surface area contributed by atoms with E-state index in [4.69, 9.17) is 32.7 Å². The lowest BCUT2D eigenvalue weighted by Gasteiger charge is -2.40. The van der Waals surface area contributed by atoms with Crippen LogP contribution in [0.3, 0.4) is 0 Å². The summed E-state index contributed by atoms with van der Waals surface area (Å²) in [4.78, 5) is 14.3. The molecule has 1 aliphatic rings. The number of amides is 1. The van der Waals surface area contributed by atoms with Crippen LogP contribution in [0.2, 0.25) is 10.0 Å². The Morgan fingerprint density at radius 3 is 2.70 bits per heavy atom. The maximum absolute atomic E-state index is 12.0. The van der Waals surface area contributed by atoms with E-state index in [-0.39, 0.29) is 18.1 Å². The molecule has 1 aromatic carbocycles. The molecular weight excluding hydrogens is 339 g/mol. The van der Waals surface area contributed by atoms with Crippen LogP contribution in [-0.4, -0.2) is 55.8 Å². The Labute approximate surface area is 146 Å². The van der Waals surface area contributed by atoms with Gasteiger partial charge in [0.15, 0.2) is 6.61 Å². The van der Waals surface area contributed by atoms with Gasteiger partial charge in [-0.15, -0.1) is 0 Å². The van der Waals surface area contributed by atoms with E-state index in [1.807, 2.05) is 0 Å². The van der Waals surface area contributed by atoms with Crippen LogP contribution in [0.1, 0.15) is 13.8 Å². The number of nitrogens with zero attached hydrogens (tertiary/aromatic N) is 1. The van der Waals surface area contributed by atoms with Gasteiger partial charge in [0.25, 0.3) is 5.91 Å².